The molecule has 1 N–H and O–H groups in total. The first-order valence-corrected chi connectivity index (χ1v) is 12.0. The van der Waals surface area contributed by atoms with Crippen molar-refractivity contribution in [1.29, 1.82) is 0 Å². The predicted octanol–water partition coefficient (Wildman–Crippen LogP) is 6.49. The van der Waals surface area contributed by atoms with Gasteiger partial charge in [-0.3, -0.25) is 0 Å². The largest absolute Gasteiger partial charge is 0.416 e. The minimum absolute atomic E-state index is 0.169. The lowest BCUT2D eigenvalue weighted by Gasteiger charge is -2.48. The fourth-order valence-corrected chi connectivity index (χ4v) is 5.48. The molecule has 2 unspecified atom stereocenters. The number of β-amino-alcohol motifs (C(OH)–C–C–N with tert-alkyl or cyclic N) is 1. The van der Waals surface area contributed by atoms with E-state index in [1.165, 1.54) is 17.7 Å². The number of nitrogens with zero attached hydrogens (tertiary/aromatic N) is 1. The second kappa shape index (κ2) is 9.74. The molecule has 174 valence electrons. The zero-order valence-corrected chi connectivity index (χ0v) is 19.0. The lowest BCUT2D eigenvalue weighted by Crippen LogP contribution is -2.52. The van der Waals surface area contributed by atoms with Gasteiger partial charge in [-0.2, -0.15) is 13.2 Å². The maximum Gasteiger partial charge on any atom is 0.416 e. The number of halogens is 4. The van der Waals surface area contributed by atoms with Crippen molar-refractivity contribution >= 4 is 11.6 Å². The first-order chi connectivity index (χ1) is 15.3. The molecule has 0 radical (unpaired) electrons. The molecule has 1 saturated carbocycles. The fourth-order valence-electron chi connectivity index (χ4n) is 5.36. The molecule has 0 bridgehead atoms. The molecule has 6 heteroatoms. The van der Waals surface area contributed by atoms with Gasteiger partial charge in [-0.15, -0.1) is 0 Å². The third kappa shape index (κ3) is 5.32. The van der Waals surface area contributed by atoms with Crippen LogP contribution >= 0.6 is 11.6 Å². The number of aliphatic hydroxyl groups excluding tert-OH is 1. The Balaban J connectivity index is 1.31. The molecule has 1 aliphatic carbocycles. The van der Waals surface area contributed by atoms with Crippen LogP contribution < -0.4 is 0 Å². The lowest BCUT2D eigenvalue weighted by molar-refractivity contribution is -0.137. The predicted molar refractivity (Wildman–Crippen MR) is 122 cm³/mol. The third-order valence-corrected chi connectivity index (χ3v) is 7.71. The Morgan fingerprint density at radius 3 is 2.31 bits per heavy atom. The van der Waals surface area contributed by atoms with Crippen molar-refractivity contribution in [3.8, 4) is 0 Å². The van der Waals surface area contributed by atoms with E-state index in [2.05, 4.69) is 4.90 Å². The molecule has 2 nitrogen and oxygen atoms in total. The van der Waals surface area contributed by atoms with Crippen LogP contribution in [0.25, 0.3) is 0 Å². The summed E-state index contributed by atoms with van der Waals surface area (Å²) in [4.78, 5) is 2.38. The molecular weight excluding hydrogens is 435 g/mol. The smallest absolute Gasteiger partial charge is 0.391 e. The zero-order chi connectivity index (χ0) is 22.8. The summed E-state index contributed by atoms with van der Waals surface area (Å²) < 4.78 is 38.3. The number of likely N-dealkylation sites (tertiary alicyclic amines) is 1. The number of benzene rings is 2. The molecule has 2 atom stereocenters. The van der Waals surface area contributed by atoms with Gasteiger partial charge in [0.05, 0.1) is 11.7 Å². The van der Waals surface area contributed by atoms with Gasteiger partial charge in [0.15, 0.2) is 0 Å². The molecule has 2 fully saturated rings. The molecule has 2 aliphatic rings. The van der Waals surface area contributed by atoms with Crippen LogP contribution in [0.5, 0.6) is 0 Å². The van der Waals surface area contributed by atoms with Gasteiger partial charge in [0, 0.05) is 23.5 Å². The summed E-state index contributed by atoms with van der Waals surface area (Å²) in [5.41, 5.74) is 1.37. The molecule has 1 saturated heterocycles. The highest BCUT2D eigenvalue weighted by atomic mass is 35.5. The zero-order valence-electron chi connectivity index (χ0n) is 18.3. The fraction of sp³-hybridized carbons (Fsp3) is 0.538. The highest BCUT2D eigenvalue weighted by Crippen LogP contribution is 2.47. The molecule has 1 aliphatic heterocycles. The van der Waals surface area contributed by atoms with Gasteiger partial charge in [0.1, 0.15) is 0 Å². The van der Waals surface area contributed by atoms with Gasteiger partial charge in [-0.25, -0.2) is 0 Å². The van der Waals surface area contributed by atoms with Gasteiger partial charge >= 0.3 is 6.18 Å². The van der Waals surface area contributed by atoms with E-state index in [4.69, 9.17) is 11.6 Å². The third-order valence-electron chi connectivity index (χ3n) is 7.46. The standard InChI is InChI=1S/C26H31ClF3NO/c27-23-12-10-21(11-13-23)25(14-2-15-25)24(32)18-31-16-1-3-20(17-31)5-4-19-6-8-22(9-7-19)26(28,29)30/h6-13,20,24,32H,1-5,14-18H2. The van der Waals surface area contributed by atoms with E-state index in [1.807, 2.05) is 24.3 Å². The summed E-state index contributed by atoms with van der Waals surface area (Å²) in [6.07, 6.45) is 2.41. The number of hydrogen-bond donors (Lipinski definition) is 1. The van der Waals surface area contributed by atoms with Gasteiger partial charge < -0.3 is 10.0 Å². The number of hydrogen-bond acceptors (Lipinski definition) is 2. The number of piperidine rings is 1. The first-order valence-electron chi connectivity index (χ1n) is 11.6. The van der Waals surface area contributed by atoms with E-state index in [-0.39, 0.29) is 5.41 Å². The van der Waals surface area contributed by atoms with Gasteiger partial charge in [0.2, 0.25) is 0 Å². The van der Waals surface area contributed by atoms with Crippen molar-refractivity contribution in [3.05, 3.63) is 70.2 Å². The van der Waals surface area contributed by atoms with E-state index in [0.29, 0.717) is 17.5 Å². The van der Waals surface area contributed by atoms with E-state index >= 15 is 0 Å². The van der Waals surface area contributed by atoms with Crippen LogP contribution in [0.15, 0.2) is 48.5 Å². The average Bonchev–Trinajstić information content (AvgIpc) is 2.73. The maximum atomic E-state index is 12.8. The Kier molecular flexibility index (Phi) is 7.18. The van der Waals surface area contributed by atoms with Crippen LogP contribution in [0.2, 0.25) is 5.02 Å². The second-order valence-corrected chi connectivity index (χ2v) is 9.97. The van der Waals surface area contributed by atoms with E-state index in [0.717, 1.165) is 63.6 Å². The minimum atomic E-state index is -4.28. The van der Waals surface area contributed by atoms with Crippen molar-refractivity contribution in [2.24, 2.45) is 5.92 Å². The van der Waals surface area contributed by atoms with Crippen molar-refractivity contribution in [2.45, 2.75) is 62.6 Å². The number of aryl methyl sites for hydroxylation is 1. The summed E-state index contributed by atoms with van der Waals surface area (Å²) in [7, 11) is 0. The first kappa shape index (κ1) is 23.6. The molecule has 32 heavy (non-hydrogen) atoms. The monoisotopic (exact) mass is 465 g/mol. The Bertz CT molecular complexity index is 877. The summed E-state index contributed by atoms with van der Waals surface area (Å²) in [5.74, 6) is 0.506. The average molecular weight is 466 g/mol. The van der Waals surface area contributed by atoms with Crippen LogP contribution in [0.3, 0.4) is 0 Å². The normalized spacial score (nSPS) is 22.3. The Hall–Kier alpha value is -1.56. The van der Waals surface area contributed by atoms with Gasteiger partial charge in [0.25, 0.3) is 0 Å². The van der Waals surface area contributed by atoms with Crippen LogP contribution in [-0.2, 0) is 18.0 Å². The van der Waals surface area contributed by atoms with Gasteiger partial charge in [-0.05, 0) is 86.4 Å². The van der Waals surface area contributed by atoms with Crippen molar-refractivity contribution in [2.75, 3.05) is 19.6 Å². The topological polar surface area (TPSA) is 23.5 Å². The number of aliphatic hydroxyl groups is 1. The van der Waals surface area contributed by atoms with Crippen molar-refractivity contribution < 1.29 is 18.3 Å². The number of alkyl halides is 3. The quantitative estimate of drug-likeness (QED) is 0.505. The highest BCUT2D eigenvalue weighted by molar-refractivity contribution is 6.30. The summed E-state index contributed by atoms with van der Waals surface area (Å²) in [6.45, 7) is 2.60. The Labute approximate surface area is 193 Å². The number of rotatable bonds is 7. The molecule has 4 rings (SSSR count). The molecule has 2 aromatic carbocycles. The molecule has 1 heterocycles. The molecular formula is C26H31ClF3NO. The summed E-state index contributed by atoms with van der Waals surface area (Å²) >= 11 is 6.06. The summed E-state index contributed by atoms with van der Waals surface area (Å²) in [6, 6.07) is 13.5. The second-order valence-electron chi connectivity index (χ2n) is 9.53. The molecule has 0 amide bonds. The molecule has 2 aromatic rings. The molecule has 0 aromatic heterocycles. The molecule has 0 spiro atoms. The van der Waals surface area contributed by atoms with E-state index in [1.54, 1.807) is 12.1 Å². The maximum absolute atomic E-state index is 12.8. The Morgan fingerprint density at radius 2 is 1.72 bits per heavy atom. The highest BCUT2D eigenvalue weighted by Gasteiger charge is 2.45. The van der Waals surface area contributed by atoms with Crippen LogP contribution in [0, 0.1) is 5.92 Å². The van der Waals surface area contributed by atoms with Crippen LogP contribution in [-0.4, -0.2) is 35.7 Å². The van der Waals surface area contributed by atoms with E-state index < -0.39 is 17.8 Å². The Morgan fingerprint density at radius 1 is 1.03 bits per heavy atom. The lowest BCUT2D eigenvalue weighted by atomic mass is 9.61. The van der Waals surface area contributed by atoms with Gasteiger partial charge in [-0.1, -0.05) is 42.3 Å². The SMILES string of the molecule is OC(CN1CCCC(CCc2ccc(C(F)(F)F)cc2)C1)C1(c2ccc(Cl)cc2)CCC1. The van der Waals surface area contributed by atoms with Crippen molar-refractivity contribution in [1.82, 2.24) is 4.90 Å². The van der Waals surface area contributed by atoms with E-state index in [9.17, 15) is 18.3 Å². The minimum Gasteiger partial charge on any atom is -0.391 e. The van der Waals surface area contributed by atoms with Crippen LogP contribution in [0.4, 0.5) is 13.2 Å². The summed E-state index contributed by atoms with van der Waals surface area (Å²) in [5, 5.41) is 11.9. The van der Waals surface area contributed by atoms with Crippen molar-refractivity contribution in [3.63, 3.8) is 0 Å². The van der Waals surface area contributed by atoms with Crippen LogP contribution in [0.1, 0.15) is 55.2 Å².